The van der Waals surface area contributed by atoms with Crippen molar-refractivity contribution in [3.05, 3.63) is 0 Å². The molecule has 1 aliphatic heterocycles. The highest BCUT2D eigenvalue weighted by Gasteiger charge is 2.40. The van der Waals surface area contributed by atoms with Crippen LogP contribution in [-0.4, -0.2) is 57.9 Å². The van der Waals surface area contributed by atoms with Gasteiger partial charge in [0.1, 0.15) is 5.54 Å². The average Bonchev–Trinajstić information content (AvgIpc) is 2.52. The molecule has 1 unspecified atom stereocenters. The molecule has 8 nitrogen and oxygen atoms in total. The Morgan fingerprint density at radius 3 is 2.17 bits per heavy atom. The minimum absolute atomic E-state index is 0.185. The molecule has 138 valence electrons. The van der Waals surface area contributed by atoms with Gasteiger partial charge in [-0.25, -0.2) is 0 Å². The van der Waals surface area contributed by atoms with Crippen molar-refractivity contribution in [3.8, 4) is 0 Å². The molecule has 9 heteroatoms. The smallest absolute Gasteiger partial charge is 0.451 e. The molecule has 0 aromatic rings. The number of hydrogen-bond acceptors (Lipinski definition) is 6. The highest BCUT2D eigenvalue weighted by Crippen LogP contribution is 2.36. The fourth-order valence-electron chi connectivity index (χ4n) is 3.32. The number of nitrogens with two attached hydrogens (primary N) is 1. The van der Waals surface area contributed by atoms with Crippen LogP contribution in [0.5, 0.6) is 0 Å². The monoisotopic (exact) mass is 344 g/mol. The zero-order valence-electron chi connectivity index (χ0n) is 14.0. The Morgan fingerprint density at radius 2 is 1.67 bits per heavy atom. The van der Waals surface area contributed by atoms with Gasteiger partial charge in [0.15, 0.2) is 0 Å². The van der Waals surface area contributed by atoms with Crippen LogP contribution in [0.4, 0.5) is 0 Å². The van der Waals surface area contributed by atoms with Gasteiger partial charge in [0.25, 0.3) is 0 Å². The molecule has 0 spiro atoms. The van der Waals surface area contributed by atoms with Crippen molar-refractivity contribution in [3.63, 3.8) is 0 Å². The fraction of sp³-hybridized carbons (Fsp3) is 0.867. The third-order valence-corrected chi connectivity index (χ3v) is 5.05. The lowest BCUT2D eigenvalue weighted by molar-refractivity contribution is -0.151. The Balaban J connectivity index is 2.52. The van der Waals surface area contributed by atoms with E-state index in [4.69, 9.17) is 15.8 Å². The van der Waals surface area contributed by atoms with Gasteiger partial charge < -0.3 is 31.3 Å². The highest BCUT2D eigenvalue weighted by atomic mass is 16.4. The van der Waals surface area contributed by atoms with Crippen LogP contribution >= 0.6 is 0 Å². The lowest BCUT2D eigenvalue weighted by Gasteiger charge is -2.34. The number of piperidine rings is 1. The van der Waals surface area contributed by atoms with Gasteiger partial charge in [0.05, 0.1) is 5.41 Å². The molecule has 1 atom stereocenters. The second-order valence-electron chi connectivity index (χ2n) is 6.88. The molecule has 1 fully saturated rings. The first-order valence-electron chi connectivity index (χ1n) is 8.54. The molecule has 0 amide bonds. The van der Waals surface area contributed by atoms with Crippen LogP contribution in [0.25, 0.3) is 0 Å². The summed E-state index contributed by atoms with van der Waals surface area (Å²) in [4.78, 5) is 23.1. The predicted molar refractivity (Wildman–Crippen MR) is 89.4 cm³/mol. The van der Waals surface area contributed by atoms with Crippen molar-refractivity contribution in [1.29, 1.82) is 0 Å². The maximum Gasteiger partial charge on any atom is 0.451 e. The third-order valence-electron chi connectivity index (χ3n) is 5.05. The Morgan fingerprint density at radius 1 is 1.08 bits per heavy atom. The SMILES string of the molecule is NC(CCCCB(O)O)(CCCC1(C(=O)O)CCNCC1)C(=O)O. The molecule has 0 aromatic carbocycles. The Bertz CT molecular complexity index is 428. The van der Waals surface area contributed by atoms with E-state index in [1.807, 2.05) is 0 Å². The number of carboxylic acid groups (broad SMARTS) is 2. The van der Waals surface area contributed by atoms with Crippen LogP contribution in [0.3, 0.4) is 0 Å². The maximum absolute atomic E-state index is 11.6. The Kier molecular flexibility index (Phi) is 8.15. The largest absolute Gasteiger partial charge is 0.481 e. The molecule has 1 aliphatic rings. The summed E-state index contributed by atoms with van der Waals surface area (Å²) < 4.78 is 0. The summed E-state index contributed by atoms with van der Waals surface area (Å²) in [7, 11) is -1.39. The van der Waals surface area contributed by atoms with Gasteiger partial charge in [-0.1, -0.05) is 12.8 Å². The van der Waals surface area contributed by atoms with Crippen LogP contribution in [0.15, 0.2) is 0 Å². The molecule has 24 heavy (non-hydrogen) atoms. The van der Waals surface area contributed by atoms with E-state index in [-0.39, 0.29) is 19.2 Å². The van der Waals surface area contributed by atoms with Gasteiger partial charge in [-0.15, -0.1) is 0 Å². The van der Waals surface area contributed by atoms with Gasteiger partial charge >= 0.3 is 19.1 Å². The molecule has 0 aromatic heterocycles. The summed E-state index contributed by atoms with van der Waals surface area (Å²) in [6.07, 6.45) is 3.54. The minimum atomic E-state index is -1.40. The number of carboxylic acids is 2. The second-order valence-corrected chi connectivity index (χ2v) is 6.88. The number of carbonyl (C=O) groups is 2. The molecule has 0 radical (unpaired) electrons. The third kappa shape index (κ3) is 6.05. The molecular weight excluding hydrogens is 315 g/mol. The maximum atomic E-state index is 11.6. The quantitative estimate of drug-likeness (QED) is 0.227. The van der Waals surface area contributed by atoms with E-state index in [9.17, 15) is 19.8 Å². The summed E-state index contributed by atoms with van der Waals surface area (Å²) in [5, 5.41) is 39.7. The summed E-state index contributed by atoms with van der Waals surface area (Å²) in [6.45, 7) is 1.31. The average molecular weight is 344 g/mol. The van der Waals surface area contributed by atoms with E-state index in [1.165, 1.54) is 0 Å². The second kappa shape index (κ2) is 9.36. The first-order chi connectivity index (χ1) is 11.2. The van der Waals surface area contributed by atoms with Crippen molar-refractivity contribution in [2.75, 3.05) is 13.1 Å². The van der Waals surface area contributed by atoms with Crippen molar-refractivity contribution < 1.29 is 29.9 Å². The number of aliphatic carboxylic acids is 2. The van der Waals surface area contributed by atoms with E-state index in [0.29, 0.717) is 51.6 Å². The molecular formula is C15H29BN2O6. The molecule has 1 rings (SSSR count). The Labute approximate surface area is 142 Å². The standard InChI is InChI=1S/C15H29BN2O6/c17-15(13(21)22,5-1-2-9-16(23)24)6-3-4-14(12(19)20)7-10-18-11-8-14/h18,23-24H,1-11,17H2,(H,19,20)(H,21,22). The van der Waals surface area contributed by atoms with Crippen molar-refractivity contribution >= 4 is 19.1 Å². The molecule has 0 aliphatic carbocycles. The van der Waals surface area contributed by atoms with E-state index in [1.54, 1.807) is 0 Å². The summed E-state index contributed by atoms with van der Waals surface area (Å²) >= 11 is 0. The van der Waals surface area contributed by atoms with Crippen LogP contribution in [-0.2, 0) is 9.59 Å². The number of nitrogens with one attached hydrogen (secondary N) is 1. The molecule has 0 bridgehead atoms. The lowest BCUT2D eigenvalue weighted by atomic mass is 9.73. The van der Waals surface area contributed by atoms with E-state index >= 15 is 0 Å². The molecule has 7 N–H and O–H groups in total. The van der Waals surface area contributed by atoms with E-state index in [2.05, 4.69) is 5.32 Å². The summed E-state index contributed by atoms with van der Waals surface area (Å²) in [5.74, 6) is -1.92. The Hall–Kier alpha value is -1.16. The summed E-state index contributed by atoms with van der Waals surface area (Å²) in [5.41, 5.74) is 3.83. The van der Waals surface area contributed by atoms with Crippen LogP contribution in [0.1, 0.15) is 51.4 Å². The highest BCUT2D eigenvalue weighted by molar-refractivity contribution is 6.40. The molecule has 1 heterocycles. The molecule has 0 saturated carbocycles. The first kappa shape index (κ1) is 20.9. The van der Waals surface area contributed by atoms with E-state index in [0.717, 1.165) is 0 Å². The van der Waals surface area contributed by atoms with Crippen molar-refractivity contribution in [2.24, 2.45) is 11.1 Å². The number of rotatable bonds is 11. The van der Waals surface area contributed by atoms with E-state index < -0.39 is 30.0 Å². The lowest BCUT2D eigenvalue weighted by Crippen LogP contribution is -2.48. The van der Waals surface area contributed by atoms with Gasteiger partial charge in [0.2, 0.25) is 0 Å². The number of unbranched alkanes of at least 4 members (excludes halogenated alkanes) is 1. The predicted octanol–water partition coefficient (Wildman–Crippen LogP) is 0.0363. The zero-order valence-corrected chi connectivity index (χ0v) is 14.0. The topological polar surface area (TPSA) is 153 Å². The minimum Gasteiger partial charge on any atom is -0.481 e. The summed E-state index contributed by atoms with van der Waals surface area (Å²) in [6, 6.07) is 0. The van der Waals surface area contributed by atoms with Crippen LogP contribution in [0.2, 0.25) is 6.32 Å². The zero-order chi connectivity index (χ0) is 18.2. The van der Waals surface area contributed by atoms with Gasteiger partial charge in [0, 0.05) is 0 Å². The van der Waals surface area contributed by atoms with Crippen LogP contribution in [0, 0.1) is 5.41 Å². The van der Waals surface area contributed by atoms with Gasteiger partial charge in [-0.05, 0) is 57.9 Å². The van der Waals surface area contributed by atoms with Crippen LogP contribution < -0.4 is 11.1 Å². The van der Waals surface area contributed by atoms with Crippen molar-refractivity contribution in [2.45, 2.75) is 63.2 Å². The number of hydrogen-bond donors (Lipinski definition) is 6. The van der Waals surface area contributed by atoms with Gasteiger partial charge in [-0.2, -0.15) is 0 Å². The van der Waals surface area contributed by atoms with Gasteiger partial charge in [-0.3, -0.25) is 9.59 Å². The van der Waals surface area contributed by atoms with Crippen molar-refractivity contribution in [1.82, 2.24) is 5.32 Å². The fourth-order valence-corrected chi connectivity index (χ4v) is 3.32. The molecule has 1 saturated heterocycles. The first-order valence-corrected chi connectivity index (χ1v) is 8.54. The normalized spacial score (nSPS) is 19.5.